The fourth-order valence-electron chi connectivity index (χ4n) is 2.87. The molecular weight excluding hydrogens is 346 g/mol. The van der Waals surface area contributed by atoms with Crippen LogP contribution in [0.15, 0.2) is 59.8 Å². The van der Waals surface area contributed by atoms with Crippen molar-refractivity contribution in [3.8, 4) is 0 Å². The highest BCUT2D eigenvalue weighted by atomic mass is 32.2. The van der Waals surface area contributed by atoms with Crippen LogP contribution in [0.5, 0.6) is 0 Å². The molecule has 0 fully saturated rings. The van der Waals surface area contributed by atoms with E-state index in [0.717, 1.165) is 21.8 Å². The van der Waals surface area contributed by atoms with E-state index in [0.29, 0.717) is 18.7 Å². The van der Waals surface area contributed by atoms with Gasteiger partial charge in [-0.3, -0.25) is 9.20 Å². The third-order valence-corrected chi connectivity index (χ3v) is 5.54. The van der Waals surface area contributed by atoms with Gasteiger partial charge in [-0.15, -0.1) is 5.10 Å². The summed E-state index contributed by atoms with van der Waals surface area (Å²) in [7, 11) is 0. The van der Waals surface area contributed by atoms with Crippen LogP contribution in [-0.2, 0) is 11.3 Å². The average Bonchev–Trinajstić information content (AvgIpc) is 3.24. The van der Waals surface area contributed by atoms with Crippen molar-refractivity contribution < 1.29 is 4.79 Å². The Morgan fingerprint density at radius 2 is 1.96 bits per heavy atom. The van der Waals surface area contributed by atoms with Crippen LogP contribution in [0, 0.1) is 0 Å². The number of rotatable bonds is 6. The van der Waals surface area contributed by atoms with Crippen molar-refractivity contribution in [3.05, 3.63) is 60.2 Å². The molecule has 0 unspecified atom stereocenters. The Morgan fingerprint density at radius 3 is 2.77 bits per heavy atom. The highest BCUT2D eigenvalue weighted by Crippen LogP contribution is 2.27. The van der Waals surface area contributed by atoms with E-state index in [4.69, 9.17) is 0 Å². The van der Waals surface area contributed by atoms with E-state index >= 15 is 0 Å². The summed E-state index contributed by atoms with van der Waals surface area (Å²) in [6.07, 6.45) is 0.715. The third-order valence-electron chi connectivity index (χ3n) is 4.22. The summed E-state index contributed by atoms with van der Waals surface area (Å²) in [4.78, 5) is 17.1. The third kappa shape index (κ3) is 3.17. The minimum Gasteiger partial charge on any atom is -0.351 e. The van der Waals surface area contributed by atoms with E-state index in [1.807, 2.05) is 65.9 Å². The van der Waals surface area contributed by atoms with Crippen molar-refractivity contribution in [3.63, 3.8) is 0 Å². The molecule has 0 radical (unpaired) electrons. The van der Waals surface area contributed by atoms with Gasteiger partial charge in [0, 0.05) is 6.54 Å². The van der Waals surface area contributed by atoms with Crippen molar-refractivity contribution in [2.24, 2.45) is 0 Å². The molecule has 2 aromatic heterocycles. The van der Waals surface area contributed by atoms with Crippen LogP contribution in [0.4, 0.5) is 0 Å². The van der Waals surface area contributed by atoms with Crippen molar-refractivity contribution in [1.29, 1.82) is 0 Å². The summed E-state index contributed by atoms with van der Waals surface area (Å²) in [6, 6.07) is 17.8. The number of H-pyrrole nitrogens is 1. The molecule has 1 atom stereocenters. The number of thioether (sulfide) groups is 1. The number of imidazole rings is 1. The number of carbonyl (C=O) groups excluding carboxylic acids is 1. The Hall–Kier alpha value is -2.80. The molecule has 0 aliphatic rings. The Balaban J connectivity index is 1.53. The van der Waals surface area contributed by atoms with Gasteiger partial charge in [-0.05, 0) is 24.1 Å². The first-order chi connectivity index (χ1) is 12.8. The number of amides is 1. The topological polar surface area (TPSA) is 75.1 Å². The Bertz CT molecular complexity index is 1040. The summed E-state index contributed by atoms with van der Waals surface area (Å²) in [5.41, 5.74) is 2.98. The normalized spacial score (nSPS) is 12.5. The van der Waals surface area contributed by atoms with Crippen LogP contribution in [-0.4, -0.2) is 30.7 Å². The number of fused-ring (bicyclic) bond motifs is 3. The molecule has 0 saturated carbocycles. The molecule has 0 spiro atoms. The zero-order chi connectivity index (χ0) is 17.9. The fourth-order valence-corrected chi connectivity index (χ4v) is 3.87. The molecule has 4 aromatic rings. The smallest absolute Gasteiger partial charge is 0.233 e. The lowest BCUT2D eigenvalue weighted by atomic mass is 10.2. The maximum Gasteiger partial charge on any atom is 0.233 e. The molecule has 0 aliphatic heterocycles. The van der Waals surface area contributed by atoms with Gasteiger partial charge in [0.25, 0.3) is 0 Å². The number of para-hydroxylation sites is 2. The Labute approximate surface area is 155 Å². The summed E-state index contributed by atoms with van der Waals surface area (Å²) >= 11 is 1.46. The summed E-state index contributed by atoms with van der Waals surface area (Å²) in [6.45, 7) is 2.54. The lowest BCUT2D eigenvalue weighted by molar-refractivity contribution is -0.120. The van der Waals surface area contributed by atoms with Crippen molar-refractivity contribution in [2.45, 2.75) is 30.3 Å². The number of nitrogens with one attached hydrogen (secondary N) is 2. The summed E-state index contributed by atoms with van der Waals surface area (Å²) in [5, 5.41) is 10.9. The van der Waals surface area contributed by atoms with Gasteiger partial charge in [0.05, 0.1) is 16.3 Å². The number of carbonyl (C=O) groups is 1. The lowest BCUT2D eigenvalue weighted by Gasteiger charge is -2.13. The maximum absolute atomic E-state index is 12.6. The molecule has 0 bridgehead atoms. The molecule has 0 saturated heterocycles. The van der Waals surface area contributed by atoms with Crippen molar-refractivity contribution >= 4 is 34.5 Å². The molecule has 26 heavy (non-hydrogen) atoms. The standard InChI is InChI=1S/C19H19N5OS/c1-2-16(17(25)20-12-13-8-4-3-5-9-13)26-19-23-22-18-21-14-10-6-7-11-15(14)24(18)19/h3-11,16H,2,12H2,1H3,(H,20,25)(H,21,22)/t16-/m1/s1. The molecule has 6 nitrogen and oxygen atoms in total. The number of nitrogens with zero attached hydrogens (tertiary/aromatic N) is 3. The first kappa shape index (κ1) is 16.7. The molecule has 2 heterocycles. The van der Waals surface area contributed by atoms with Gasteiger partial charge in [0.2, 0.25) is 11.7 Å². The quantitative estimate of drug-likeness (QED) is 0.514. The van der Waals surface area contributed by atoms with Crippen LogP contribution >= 0.6 is 11.8 Å². The van der Waals surface area contributed by atoms with Gasteiger partial charge in [0.1, 0.15) is 0 Å². The van der Waals surface area contributed by atoms with Gasteiger partial charge in [-0.2, -0.15) is 0 Å². The Morgan fingerprint density at radius 1 is 1.19 bits per heavy atom. The van der Waals surface area contributed by atoms with Crippen LogP contribution in [0.3, 0.4) is 0 Å². The summed E-state index contributed by atoms with van der Waals surface area (Å²) in [5.74, 6) is 0.704. The number of aromatic nitrogens is 4. The largest absolute Gasteiger partial charge is 0.351 e. The average molecular weight is 365 g/mol. The molecule has 2 aromatic carbocycles. The van der Waals surface area contributed by atoms with Gasteiger partial charge < -0.3 is 5.32 Å². The number of hydrogen-bond donors (Lipinski definition) is 2. The maximum atomic E-state index is 12.6. The zero-order valence-corrected chi connectivity index (χ0v) is 15.2. The first-order valence-electron chi connectivity index (χ1n) is 8.56. The molecular formula is C19H19N5OS. The number of benzene rings is 2. The van der Waals surface area contributed by atoms with Crippen LogP contribution in [0.1, 0.15) is 18.9 Å². The van der Waals surface area contributed by atoms with Crippen LogP contribution in [0.2, 0.25) is 0 Å². The van der Waals surface area contributed by atoms with E-state index in [1.165, 1.54) is 11.8 Å². The monoisotopic (exact) mass is 365 g/mol. The molecule has 0 aliphatic carbocycles. The second kappa shape index (κ2) is 7.21. The number of aromatic amines is 1. The Kier molecular flexibility index (Phi) is 4.62. The van der Waals surface area contributed by atoms with Crippen LogP contribution in [0.25, 0.3) is 16.8 Å². The van der Waals surface area contributed by atoms with E-state index < -0.39 is 0 Å². The highest BCUT2D eigenvalue weighted by molar-refractivity contribution is 8.00. The minimum absolute atomic E-state index is 0.0157. The van der Waals surface area contributed by atoms with Gasteiger partial charge in [-0.25, -0.2) is 10.1 Å². The predicted octanol–water partition coefficient (Wildman–Crippen LogP) is 3.40. The minimum atomic E-state index is -0.216. The van der Waals surface area contributed by atoms with Crippen molar-refractivity contribution in [2.75, 3.05) is 0 Å². The second-order valence-corrected chi connectivity index (χ2v) is 7.15. The zero-order valence-electron chi connectivity index (χ0n) is 14.3. The highest BCUT2D eigenvalue weighted by Gasteiger charge is 2.21. The predicted molar refractivity (Wildman–Crippen MR) is 103 cm³/mol. The lowest BCUT2D eigenvalue weighted by Crippen LogP contribution is -2.32. The second-order valence-electron chi connectivity index (χ2n) is 5.98. The number of hydrogen-bond acceptors (Lipinski definition) is 4. The molecule has 4 rings (SSSR count). The SMILES string of the molecule is CC[C@@H](Sc1n[nH]c2nc3ccccc3n12)C(=O)NCc1ccccc1. The van der Waals surface area contributed by atoms with Gasteiger partial charge in [0.15, 0.2) is 5.16 Å². The summed E-state index contributed by atoms with van der Waals surface area (Å²) < 4.78 is 1.97. The van der Waals surface area contributed by atoms with E-state index in [2.05, 4.69) is 20.5 Å². The van der Waals surface area contributed by atoms with Crippen molar-refractivity contribution in [1.82, 2.24) is 24.9 Å². The fraction of sp³-hybridized carbons (Fsp3) is 0.211. The molecule has 7 heteroatoms. The van der Waals surface area contributed by atoms with E-state index in [1.54, 1.807) is 0 Å². The first-order valence-corrected chi connectivity index (χ1v) is 9.44. The van der Waals surface area contributed by atoms with Crippen LogP contribution < -0.4 is 5.32 Å². The molecule has 1 amide bonds. The molecule has 132 valence electrons. The molecule has 2 N–H and O–H groups in total. The van der Waals surface area contributed by atoms with Gasteiger partial charge in [-0.1, -0.05) is 61.2 Å². The van der Waals surface area contributed by atoms with E-state index in [9.17, 15) is 4.79 Å². The van der Waals surface area contributed by atoms with Gasteiger partial charge >= 0.3 is 0 Å². The van der Waals surface area contributed by atoms with E-state index in [-0.39, 0.29) is 11.2 Å².